The number of nitrogens with zero attached hydrogens (tertiary/aromatic N) is 3. The molecule has 8 nitrogen and oxygen atoms in total. The fraction of sp³-hybridized carbons (Fsp3) is 0.0500. The van der Waals surface area contributed by atoms with Crippen LogP contribution in [-0.4, -0.2) is 15.8 Å². The van der Waals surface area contributed by atoms with Gasteiger partial charge in [-0.3, -0.25) is 25.0 Å². The van der Waals surface area contributed by atoms with E-state index in [-0.39, 0.29) is 23.5 Å². The Labute approximate surface area is 170 Å². The van der Waals surface area contributed by atoms with Crippen LogP contribution in [0.5, 0.6) is 0 Å². The molecule has 146 valence electrons. The number of carbonyl (C=O) groups excluding carboxylic acids is 1. The zero-order valence-corrected chi connectivity index (χ0v) is 15.7. The van der Waals surface area contributed by atoms with Crippen molar-refractivity contribution in [2.75, 3.05) is 4.90 Å². The van der Waals surface area contributed by atoms with E-state index < -0.39 is 15.8 Å². The van der Waals surface area contributed by atoms with Gasteiger partial charge in [0.05, 0.1) is 16.4 Å². The number of anilines is 1. The molecule has 9 heteroatoms. The molecule has 0 fully saturated rings. The van der Waals surface area contributed by atoms with Crippen molar-refractivity contribution >= 4 is 34.6 Å². The minimum Gasteiger partial charge on any atom is -0.304 e. The standard InChI is InChI=1S/C20H14ClN3O5/c21-16-6-3-7-17(12-16)22(13-14-4-1-8-18(10-14)23(26)27)20(25)15-5-2-9-19(11-15)24(28)29/h1-12H,13H2. The van der Waals surface area contributed by atoms with Crippen LogP contribution in [0.15, 0.2) is 72.8 Å². The van der Waals surface area contributed by atoms with E-state index in [2.05, 4.69) is 0 Å². The summed E-state index contributed by atoms with van der Waals surface area (Å²) in [6.07, 6.45) is 0. The number of amides is 1. The molecule has 0 atom stereocenters. The molecule has 0 heterocycles. The van der Waals surface area contributed by atoms with Gasteiger partial charge in [0.2, 0.25) is 0 Å². The van der Waals surface area contributed by atoms with Crippen LogP contribution in [0.25, 0.3) is 0 Å². The molecule has 0 radical (unpaired) electrons. The topological polar surface area (TPSA) is 107 Å². The second-order valence-corrected chi connectivity index (χ2v) is 6.54. The van der Waals surface area contributed by atoms with Gasteiger partial charge in [-0.25, -0.2) is 0 Å². The molecule has 0 N–H and O–H groups in total. The first-order valence-electron chi connectivity index (χ1n) is 8.40. The Kier molecular flexibility index (Phi) is 5.85. The van der Waals surface area contributed by atoms with E-state index in [1.54, 1.807) is 30.3 Å². The number of rotatable bonds is 6. The van der Waals surface area contributed by atoms with Gasteiger partial charge >= 0.3 is 0 Å². The fourth-order valence-electron chi connectivity index (χ4n) is 2.78. The first kappa shape index (κ1) is 20.0. The molecule has 0 aliphatic heterocycles. The first-order valence-corrected chi connectivity index (χ1v) is 8.78. The fourth-order valence-corrected chi connectivity index (χ4v) is 2.97. The Morgan fingerprint density at radius 2 is 1.48 bits per heavy atom. The van der Waals surface area contributed by atoms with Crippen LogP contribution in [-0.2, 0) is 6.54 Å². The molecule has 3 aromatic rings. The predicted octanol–water partition coefficient (Wildman–Crippen LogP) is 5.00. The largest absolute Gasteiger partial charge is 0.304 e. The van der Waals surface area contributed by atoms with Crippen molar-refractivity contribution < 1.29 is 14.6 Å². The Balaban J connectivity index is 2.03. The lowest BCUT2D eigenvalue weighted by Crippen LogP contribution is -2.30. The molecule has 0 spiro atoms. The summed E-state index contributed by atoms with van der Waals surface area (Å²) in [6, 6.07) is 17.9. The Hall–Kier alpha value is -3.78. The van der Waals surface area contributed by atoms with Crippen molar-refractivity contribution in [2.24, 2.45) is 0 Å². The minimum atomic E-state index is -0.582. The molecule has 0 aliphatic rings. The Morgan fingerprint density at radius 3 is 2.14 bits per heavy atom. The van der Waals surface area contributed by atoms with E-state index in [0.29, 0.717) is 16.3 Å². The van der Waals surface area contributed by atoms with Crippen LogP contribution in [0.4, 0.5) is 17.1 Å². The number of nitro groups is 2. The quantitative estimate of drug-likeness (QED) is 0.419. The van der Waals surface area contributed by atoms with Crippen molar-refractivity contribution in [1.82, 2.24) is 0 Å². The third-order valence-electron chi connectivity index (χ3n) is 4.13. The molecular weight excluding hydrogens is 398 g/mol. The van der Waals surface area contributed by atoms with Gasteiger partial charge in [0.25, 0.3) is 17.3 Å². The van der Waals surface area contributed by atoms with E-state index in [0.717, 1.165) is 0 Å². The SMILES string of the molecule is O=C(c1cccc([N+](=O)[O-])c1)N(Cc1cccc([N+](=O)[O-])c1)c1cccc(Cl)c1. The summed E-state index contributed by atoms with van der Waals surface area (Å²) in [4.78, 5) is 35.6. The van der Waals surface area contributed by atoms with Gasteiger partial charge in [-0.2, -0.15) is 0 Å². The summed E-state index contributed by atoms with van der Waals surface area (Å²) in [6.45, 7) is 0.0174. The lowest BCUT2D eigenvalue weighted by Gasteiger charge is -2.23. The molecule has 0 bridgehead atoms. The zero-order chi connectivity index (χ0) is 21.0. The van der Waals surface area contributed by atoms with Crippen LogP contribution in [0.1, 0.15) is 15.9 Å². The molecule has 0 aliphatic carbocycles. The van der Waals surface area contributed by atoms with E-state index in [9.17, 15) is 25.0 Å². The molecular formula is C20H14ClN3O5. The summed E-state index contributed by atoms with van der Waals surface area (Å²) in [5, 5.41) is 22.5. The molecule has 3 aromatic carbocycles. The second-order valence-electron chi connectivity index (χ2n) is 6.11. The third-order valence-corrected chi connectivity index (χ3v) is 4.37. The number of hydrogen-bond donors (Lipinski definition) is 0. The Bertz CT molecular complexity index is 1100. The molecule has 0 saturated carbocycles. The summed E-state index contributed by atoms with van der Waals surface area (Å²) in [7, 11) is 0. The number of nitro benzene ring substituents is 2. The normalized spacial score (nSPS) is 10.4. The maximum Gasteiger partial charge on any atom is 0.270 e. The minimum absolute atomic E-state index is 0.0174. The van der Waals surface area contributed by atoms with Crippen LogP contribution < -0.4 is 4.90 Å². The average Bonchev–Trinajstić information content (AvgIpc) is 2.71. The zero-order valence-electron chi connectivity index (χ0n) is 14.9. The van der Waals surface area contributed by atoms with Crippen molar-refractivity contribution in [3.05, 3.63) is 109 Å². The molecule has 0 unspecified atom stereocenters. The second kappa shape index (κ2) is 8.49. The first-order chi connectivity index (χ1) is 13.8. The number of hydrogen-bond acceptors (Lipinski definition) is 5. The molecule has 3 rings (SSSR count). The highest BCUT2D eigenvalue weighted by molar-refractivity contribution is 6.31. The lowest BCUT2D eigenvalue weighted by atomic mass is 10.1. The lowest BCUT2D eigenvalue weighted by molar-refractivity contribution is -0.385. The number of carbonyl (C=O) groups is 1. The third kappa shape index (κ3) is 4.74. The van der Waals surface area contributed by atoms with E-state index in [4.69, 9.17) is 11.6 Å². The molecule has 1 amide bonds. The van der Waals surface area contributed by atoms with E-state index >= 15 is 0 Å². The van der Waals surface area contributed by atoms with Gasteiger partial charge in [0.1, 0.15) is 0 Å². The number of non-ortho nitro benzene ring substituents is 2. The monoisotopic (exact) mass is 411 g/mol. The van der Waals surface area contributed by atoms with Crippen LogP contribution in [0, 0.1) is 20.2 Å². The van der Waals surface area contributed by atoms with Gasteiger partial charge in [-0.15, -0.1) is 0 Å². The maximum absolute atomic E-state index is 13.2. The van der Waals surface area contributed by atoms with Gasteiger partial charge in [0, 0.05) is 40.5 Å². The van der Waals surface area contributed by atoms with Gasteiger partial charge < -0.3 is 4.90 Å². The van der Waals surface area contributed by atoms with Gasteiger partial charge in [-0.05, 0) is 29.8 Å². The van der Waals surface area contributed by atoms with Gasteiger partial charge in [0.15, 0.2) is 0 Å². The molecule has 0 saturated heterocycles. The van der Waals surface area contributed by atoms with Crippen molar-refractivity contribution in [3.8, 4) is 0 Å². The highest BCUT2D eigenvalue weighted by atomic mass is 35.5. The van der Waals surface area contributed by atoms with Crippen molar-refractivity contribution in [1.29, 1.82) is 0 Å². The van der Waals surface area contributed by atoms with Crippen LogP contribution in [0.2, 0.25) is 5.02 Å². The van der Waals surface area contributed by atoms with Crippen LogP contribution >= 0.6 is 11.6 Å². The summed E-state index contributed by atoms with van der Waals surface area (Å²) in [5.41, 5.74) is 0.789. The molecule has 29 heavy (non-hydrogen) atoms. The number of halogens is 1. The summed E-state index contributed by atoms with van der Waals surface area (Å²) < 4.78 is 0. The molecule has 0 aromatic heterocycles. The summed E-state index contributed by atoms with van der Waals surface area (Å²) >= 11 is 6.06. The maximum atomic E-state index is 13.2. The van der Waals surface area contributed by atoms with Crippen molar-refractivity contribution in [2.45, 2.75) is 6.54 Å². The van der Waals surface area contributed by atoms with Crippen molar-refractivity contribution in [3.63, 3.8) is 0 Å². The van der Waals surface area contributed by atoms with E-state index in [1.807, 2.05) is 0 Å². The number of benzene rings is 3. The summed E-state index contributed by atoms with van der Waals surface area (Å²) in [5.74, 6) is -0.498. The Morgan fingerprint density at radius 1 is 0.862 bits per heavy atom. The van der Waals surface area contributed by atoms with E-state index in [1.165, 1.54) is 47.4 Å². The smallest absolute Gasteiger partial charge is 0.270 e. The van der Waals surface area contributed by atoms with Gasteiger partial charge in [-0.1, -0.05) is 35.9 Å². The predicted molar refractivity (Wildman–Crippen MR) is 108 cm³/mol. The highest BCUT2D eigenvalue weighted by Gasteiger charge is 2.21. The van der Waals surface area contributed by atoms with Crippen LogP contribution in [0.3, 0.4) is 0 Å². The highest BCUT2D eigenvalue weighted by Crippen LogP contribution is 2.25. The average molecular weight is 412 g/mol.